The molecule has 1 unspecified atom stereocenters. The second-order valence-corrected chi connectivity index (χ2v) is 8.75. The first-order chi connectivity index (χ1) is 15.2. The summed E-state index contributed by atoms with van der Waals surface area (Å²) in [7, 11) is 4.42. The lowest BCUT2D eigenvalue weighted by Gasteiger charge is -2.43. The van der Waals surface area contributed by atoms with Gasteiger partial charge in [-0.25, -0.2) is 0 Å². The minimum atomic E-state index is 0.0535. The highest BCUT2D eigenvalue weighted by molar-refractivity contribution is 5.89. The van der Waals surface area contributed by atoms with Crippen LogP contribution in [0.15, 0.2) is 85.1 Å². The number of nitrogens with one attached hydrogen (secondary N) is 1. The van der Waals surface area contributed by atoms with Crippen molar-refractivity contribution in [2.45, 2.75) is 31.2 Å². The zero-order chi connectivity index (χ0) is 21.3. The summed E-state index contributed by atoms with van der Waals surface area (Å²) in [5.41, 5.74) is 7.84. The maximum Gasteiger partial charge on any atom is 0.0492 e. The third kappa shape index (κ3) is 3.60. The van der Waals surface area contributed by atoms with Crippen molar-refractivity contribution >= 4 is 16.5 Å². The highest BCUT2D eigenvalue weighted by Crippen LogP contribution is 2.43. The Balaban J connectivity index is 1.55. The fraction of sp³-hybridized carbons (Fsp3) is 0.250. The Hall–Kier alpha value is -3.17. The van der Waals surface area contributed by atoms with Gasteiger partial charge >= 0.3 is 0 Å². The monoisotopic (exact) mass is 407 g/mol. The molecule has 5 rings (SSSR count). The number of aromatic amines is 1. The highest BCUT2D eigenvalue weighted by Gasteiger charge is 2.36. The third-order valence-electron chi connectivity index (χ3n) is 6.88. The lowest BCUT2D eigenvalue weighted by Crippen LogP contribution is -2.42. The van der Waals surface area contributed by atoms with Gasteiger partial charge in [0.05, 0.1) is 0 Å². The average molecular weight is 408 g/mol. The standard InChI is InChI=1S/C28H29N3/c1-31(2)28(22-10-4-3-5-11-22)17-15-21(16-18-28)27-25(20-23-12-8-9-19-29-23)24-13-6-7-14-26(24)30-27/h3-15,19,30H,16-18,20H2,1-2H3. The van der Waals surface area contributed by atoms with Crippen molar-refractivity contribution in [2.24, 2.45) is 0 Å². The fourth-order valence-electron chi connectivity index (χ4n) is 5.08. The molecule has 1 aliphatic rings. The van der Waals surface area contributed by atoms with E-state index in [-0.39, 0.29) is 5.54 Å². The van der Waals surface area contributed by atoms with Gasteiger partial charge in [0.1, 0.15) is 0 Å². The first kappa shape index (κ1) is 19.8. The predicted molar refractivity (Wildman–Crippen MR) is 129 cm³/mol. The van der Waals surface area contributed by atoms with Crippen molar-refractivity contribution in [1.82, 2.24) is 14.9 Å². The Morgan fingerprint density at radius 1 is 0.935 bits per heavy atom. The van der Waals surface area contributed by atoms with E-state index in [2.05, 4.69) is 102 Å². The van der Waals surface area contributed by atoms with Crippen molar-refractivity contribution < 1.29 is 0 Å². The number of hydrogen-bond acceptors (Lipinski definition) is 2. The van der Waals surface area contributed by atoms with E-state index >= 15 is 0 Å². The van der Waals surface area contributed by atoms with E-state index in [4.69, 9.17) is 0 Å². The molecule has 4 aromatic rings. The van der Waals surface area contributed by atoms with Gasteiger partial charge in [0.25, 0.3) is 0 Å². The SMILES string of the molecule is CN(C)C1(c2ccccc2)CC=C(c2[nH]c3ccccc3c2Cc2ccccn2)CC1. The van der Waals surface area contributed by atoms with Crippen LogP contribution in [0.4, 0.5) is 0 Å². The van der Waals surface area contributed by atoms with Gasteiger partial charge in [-0.1, -0.05) is 60.7 Å². The quantitative estimate of drug-likeness (QED) is 0.428. The molecule has 0 saturated heterocycles. The first-order valence-corrected chi connectivity index (χ1v) is 11.1. The second-order valence-electron chi connectivity index (χ2n) is 8.75. The molecule has 0 bridgehead atoms. The van der Waals surface area contributed by atoms with Crippen molar-refractivity contribution in [1.29, 1.82) is 0 Å². The summed E-state index contributed by atoms with van der Waals surface area (Å²) >= 11 is 0. The number of hydrogen-bond donors (Lipinski definition) is 1. The molecule has 0 saturated carbocycles. The lowest BCUT2D eigenvalue weighted by atomic mass is 9.75. The Labute approximate surface area is 184 Å². The highest BCUT2D eigenvalue weighted by atomic mass is 15.1. The number of aromatic nitrogens is 2. The molecule has 1 N–H and O–H groups in total. The Bertz CT molecular complexity index is 1200. The number of rotatable bonds is 5. The summed E-state index contributed by atoms with van der Waals surface area (Å²) < 4.78 is 0. The summed E-state index contributed by atoms with van der Waals surface area (Å²) in [4.78, 5) is 10.7. The van der Waals surface area contributed by atoms with Crippen LogP contribution in [0.25, 0.3) is 16.5 Å². The lowest BCUT2D eigenvalue weighted by molar-refractivity contribution is 0.138. The van der Waals surface area contributed by atoms with Gasteiger partial charge in [0, 0.05) is 40.4 Å². The van der Waals surface area contributed by atoms with E-state index in [1.54, 1.807) is 0 Å². The number of pyridine rings is 1. The van der Waals surface area contributed by atoms with Crippen LogP contribution in [0.2, 0.25) is 0 Å². The number of fused-ring (bicyclic) bond motifs is 1. The van der Waals surface area contributed by atoms with E-state index in [0.29, 0.717) is 0 Å². The summed E-state index contributed by atoms with van der Waals surface area (Å²) in [6, 6.07) is 25.8. The van der Waals surface area contributed by atoms with Gasteiger partial charge in [-0.05, 0) is 68.3 Å². The molecule has 0 radical (unpaired) electrons. The number of H-pyrrole nitrogens is 1. The molecular weight excluding hydrogens is 378 g/mol. The Morgan fingerprint density at radius 3 is 2.42 bits per heavy atom. The van der Waals surface area contributed by atoms with Crippen LogP contribution in [0.1, 0.15) is 41.8 Å². The van der Waals surface area contributed by atoms with Gasteiger partial charge in [-0.3, -0.25) is 9.88 Å². The molecule has 2 aromatic carbocycles. The molecule has 2 aromatic heterocycles. The van der Waals surface area contributed by atoms with Gasteiger partial charge in [-0.2, -0.15) is 0 Å². The Morgan fingerprint density at radius 2 is 1.71 bits per heavy atom. The summed E-state index contributed by atoms with van der Waals surface area (Å²) in [6.07, 6.45) is 8.36. The van der Waals surface area contributed by atoms with Crippen LogP contribution in [-0.2, 0) is 12.0 Å². The largest absolute Gasteiger partial charge is 0.355 e. The molecule has 0 amide bonds. The molecule has 0 aliphatic heterocycles. The van der Waals surface area contributed by atoms with E-state index < -0.39 is 0 Å². The van der Waals surface area contributed by atoms with Gasteiger partial charge in [0.15, 0.2) is 0 Å². The molecule has 31 heavy (non-hydrogen) atoms. The second kappa shape index (κ2) is 8.16. The van der Waals surface area contributed by atoms with Crippen LogP contribution in [0.5, 0.6) is 0 Å². The minimum Gasteiger partial charge on any atom is -0.355 e. The topological polar surface area (TPSA) is 31.9 Å². The van der Waals surface area contributed by atoms with E-state index in [9.17, 15) is 0 Å². The van der Waals surface area contributed by atoms with Gasteiger partial charge in [-0.15, -0.1) is 0 Å². The maximum absolute atomic E-state index is 4.59. The molecule has 0 spiro atoms. The number of nitrogens with zero attached hydrogens (tertiary/aromatic N) is 2. The van der Waals surface area contributed by atoms with Crippen LogP contribution in [-0.4, -0.2) is 29.0 Å². The number of para-hydroxylation sites is 1. The van der Waals surface area contributed by atoms with Crippen molar-refractivity contribution in [2.75, 3.05) is 14.1 Å². The van der Waals surface area contributed by atoms with E-state index in [1.165, 1.54) is 33.3 Å². The molecule has 1 aliphatic carbocycles. The van der Waals surface area contributed by atoms with Crippen LogP contribution < -0.4 is 0 Å². The fourth-order valence-corrected chi connectivity index (χ4v) is 5.08. The van der Waals surface area contributed by atoms with E-state index in [0.717, 1.165) is 31.4 Å². The molecular formula is C28H29N3. The number of allylic oxidation sites excluding steroid dienone is 1. The minimum absolute atomic E-state index is 0.0535. The summed E-state index contributed by atoms with van der Waals surface area (Å²) in [5, 5.41) is 1.30. The van der Waals surface area contributed by atoms with Crippen molar-refractivity contribution in [3.05, 3.63) is 108 Å². The smallest absolute Gasteiger partial charge is 0.0492 e. The van der Waals surface area contributed by atoms with Crippen LogP contribution >= 0.6 is 0 Å². The molecule has 1 atom stereocenters. The average Bonchev–Trinajstić information content (AvgIpc) is 3.18. The van der Waals surface area contributed by atoms with Crippen LogP contribution in [0, 0.1) is 0 Å². The molecule has 2 heterocycles. The molecule has 3 nitrogen and oxygen atoms in total. The van der Waals surface area contributed by atoms with Gasteiger partial charge in [0.2, 0.25) is 0 Å². The summed E-state index contributed by atoms with van der Waals surface area (Å²) in [6.45, 7) is 0. The predicted octanol–water partition coefficient (Wildman–Crippen LogP) is 6.18. The maximum atomic E-state index is 4.59. The molecule has 156 valence electrons. The third-order valence-corrected chi connectivity index (χ3v) is 6.88. The summed E-state index contributed by atoms with van der Waals surface area (Å²) in [5.74, 6) is 0. The van der Waals surface area contributed by atoms with Crippen molar-refractivity contribution in [3.63, 3.8) is 0 Å². The normalized spacial score (nSPS) is 19.0. The number of benzene rings is 2. The van der Waals surface area contributed by atoms with E-state index in [1.807, 2.05) is 12.3 Å². The van der Waals surface area contributed by atoms with Crippen molar-refractivity contribution in [3.8, 4) is 0 Å². The molecule has 3 heteroatoms. The first-order valence-electron chi connectivity index (χ1n) is 11.1. The zero-order valence-electron chi connectivity index (χ0n) is 18.3. The molecule has 0 fully saturated rings. The Kier molecular flexibility index (Phi) is 5.21. The zero-order valence-corrected chi connectivity index (χ0v) is 18.3. The van der Waals surface area contributed by atoms with Crippen LogP contribution in [0.3, 0.4) is 0 Å². The van der Waals surface area contributed by atoms with Gasteiger partial charge < -0.3 is 4.98 Å².